The molecule has 1 saturated heterocycles. The van der Waals surface area contributed by atoms with Crippen LogP contribution < -0.4 is 10.8 Å². The number of hydrogen-bond donors (Lipinski definition) is 4. The van der Waals surface area contributed by atoms with E-state index in [4.69, 9.17) is 10.4 Å². The highest BCUT2D eigenvalue weighted by atomic mass is 17.2. The lowest BCUT2D eigenvalue weighted by Gasteiger charge is -2.23. The summed E-state index contributed by atoms with van der Waals surface area (Å²) in [5.41, 5.74) is 3.29. The zero-order valence-electron chi connectivity index (χ0n) is 11.5. The van der Waals surface area contributed by atoms with Crippen molar-refractivity contribution >= 4 is 6.03 Å². The number of rotatable bonds is 3. The van der Waals surface area contributed by atoms with E-state index in [0.717, 1.165) is 18.4 Å². The first-order chi connectivity index (χ1) is 9.69. The Labute approximate surface area is 118 Å². The summed E-state index contributed by atoms with van der Waals surface area (Å²) in [5.74, 6) is 0. The third-order valence-corrected chi connectivity index (χ3v) is 2.93. The summed E-state index contributed by atoms with van der Waals surface area (Å²) in [7, 11) is 1.64. The Morgan fingerprint density at radius 3 is 2.70 bits per heavy atom. The molecule has 0 bridgehead atoms. The maximum atomic E-state index is 11.1. The van der Waals surface area contributed by atoms with Crippen LogP contribution in [0.2, 0.25) is 0 Å². The van der Waals surface area contributed by atoms with Crippen molar-refractivity contribution in [2.24, 2.45) is 0 Å². The highest BCUT2D eigenvalue weighted by Crippen LogP contribution is 2.05. The molecule has 1 heterocycles. The summed E-state index contributed by atoms with van der Waals surface area (Å²) in [4.78, 5) is 16.4. The van der Waals surface area contributed by atoms with Gasteiger partial charge in [-0.25, -0.2) is 10.1 Å². The van der Waals surface area contributed by atoms with E-state index in [2.05, 4.69) is 15.8 Å². The molecule has 112 valence electrons. The maximum absolute atomic E-state index is 11.1. The van der Waals surface area contributed by atoms with Gasteiger partial charge in [-0.2, -0.15) is 0 Å². The fourth-order valence-corrected chi connectivity index (χ4v) is 1.73. The smallest absolute Gasteiger partial charge is 0.318 e. The topological polar surface area (TPSA) is 94.1 Å². The van der Waals surface area contributed by atoms with Gasteiger partial charge in [0.1, 0.15) is 6.17 Å². The van der Waals surface area contributed by atoms with Gasteiger partial charge >= 0.3 is 6.03 Å². The monoisotopic (exact) mass is 283 g/mol. The molecule has 7 nitrogen and oxygen atoms in total. The van der Waals surface area contributed by atoms with Gasteiger partial charge in [-0.15, -0.1) is 10.5 Å². The summed E-state index contributed by atoms with van der Waals surface area (Å²) >= 11 is 0. The van der Waals surface area contributed by atoms with E-state index in [0.29, 0.717) is 6.54 Å². The Morgan fingerprint density at radius 1 is 1.45 bits per heavy atom. The van der Waals surface area contributed by atoms with E-state index in [-0.39, 0.29) is 18.8 Å². The maximum Gasteiger partial charge on any atom is 0.318 e. The van der Waals surface area contributed by atoms with Gasteiger partial charge in [0.15, 0.2) is 0 Å². The van der Waals surface area contributed by atoms with E-state index < -0.39 is 0 Å². The lowest BCUT2D eigenvalue weighted by Crippen LogP contribution is -2.47. The van der Waals surface area contributed by atoms with Crippen LogP contribution in [0.25, 0.3) is 0 Å². The Balaban J connectivity index is 0.000000217. The van der Waals surface area contributed by atoms with Crippen molar-refractivity contribution in [3.63, 3.8) is 0 Å². The fourth-order valence-electron chi connectivity index (χ4n) is 1.73. The van der Waals surface area contributed by atoms with Crippen molar-refractivity contribution < 1.29 is 20.1 Å². The molecule has 20 heavy (non-hydrogen) atoms. The van der Waals surface area contributed by atoms with E-state index >= 15 is 0 Å². The first-order valence-electron chi connectivity index (χ1n) is 6.40. The molecule has 4 N–H and O–H groups in total. The summed E-state index contributed by atoms with van der Waals surface area (Å²) in [6.45, 7) is 0.799. The van der Waals surface area contributed by atoms with Crippen molar-refractivity contribution in [3.8, 4) is 0 Å². The molecule has 1 aliphatic heterocycles. The number of amides is 2. The first-order valence-corrected chi connectivity index (χ1v) is 6.40. The van der Waals surface area contributed by atoms with E-state index in [1.54, 1.807) is 7.05 Å². The number of carbonyl (C=O) groups excluding carboxylic acids is 1. The molecule has 1 aromatic carbocycles. The lowest BCUT2D eigenvalue weighted by atomic mass is 10.2. The minimum atomic E-state index is -0.266. The molecule has 1 fully saturated rings. The zero-order valence-corrected chi connectivity index (χ0v) is 11.5. The van der Waals surface area contributed by atoms with Crippen LogP contribution in [-0.4, -0.2) is 41.1 Å². The minimum Gasteiger partial charge on any atom is -0.392 e. The van der Waals surface area contributed by atoms with Crippen LogP contribution in [0.4, 0.5) is 4.79 Å². The van der Waals surface area contributed by atoms with Crippen LogP contribution in [0.3, 0.4) is 0 Å². The summed E-state index contributed by atoms with van der Waals surface area (Å²) in [5, 5.41) is 19.4. The minimum absolute atomic E-state index is 0.140. The molecule has 0 radical (unpaired) electrons. The van der Waals surface area contributed by atoms with Gasteiger partial charge in [-0.05, 0) is 18.4 Å². The van der Waals surface area contributed by atoms with Crippen LogP contribution >= 0.6 is 0 Å². The largest absolute Gasteiger partial charge is 0.392 e. The molecule has 0 saturated carbocycles. The number of aliphatic hydroxyl groups excluding tert-OH is 1. The average molecular weight is 283 g/mol. The molecule has 0 spiro atoms. The SMILES string of the molecule is CN1C(=O)NCCC[C@H]1NOO.OCc1ccccc1. The van der Waals surface area contributed by atoms with Gasteiger partial charge in [-0.1, -0.05) is 30.3 Å². The Hall–Kier alpha value is -1.67. The molecular formula is C13H21N3O4. The van der Waals surface area contributed by atoms with Crippen LogP contribution in [0.5, 0.6) is 0 Å². The molecule has 2 rings (SSSR count). The van der Waals surface area contributed by atoms with E-state index in [1.165, 1.54) is 4.90 Å². The highest BCUT2D eigenvalue weighted by molar-refractivity contribution is 5.74. The van der Waals surface area contributed by atoms with Gasteiger partial charge in [0.2, 0.25) is 0 Å². The number of benzene rings is 1. The summed E-state index contributed by atoms with van der Waals surface area (Å²) < 4.78 is 0. The van der Waals surface area contributed by atoms with Gasteiger partial charge in [0.25, 0.3) is 0 Å². The number of nitrogens with zero attached hydrogens (tertiary/aromatic N) is 1. The standard InChI is InChI=1S/C7H8O.C6H13N3O3/c8-6-7-4-2-1-3-5-7;1-9-5(8-12-11)3-2-4-7-6(9)10/h1-5,8H,6H2;5,8,11H,2-4H2,1H3,(H,7,10)/t;5-/m.0/s1. The fraction of sp³-hybridized carbons (Fsp3) is 0.462. The number of aliphatic hydroxyl groups is 1. The Morgan fingerprint density at radius 2 is 2.15 bits per heavy atom. The van der Waals surface area contributed by atoms with Gasteiger partial charge < -0.3 is 15.3 Å². The average Bonchev–Trinajstić information content (AvgIpc) is 2.65. The molecule has 0 unspecified atom stereocenters. The highest BCUT2D eigenvalue weighted by Gasteiger charge is 2.22. The van der Waals surface area contributed by atoms with Crippen molar-refractivity contribution in [1.29, 1.82) is 0 Å². The van der Waals surface area contributed by atoms with Crippen molar-refractivity contribution in [2.75, 3.05) is 13.6 Å². The van der Waals surface area contributed by atoms with Crippen LogP contribution in [0.1, 0.15) is 18.4 Å². The van der Waals surface area contributed by atoms with Crippen LogP contribution in [0, 0.1) is 0 Å². The third-order valence-electron chi connectivity index (χ3n) is 2.93. The predicted octanol–water partition coefficient (Wildman–Crippen LogP) is 0.921. The number of hydroxylamine groups is 1. The van der Waals surface area contributed by atoms with Crippen LogP contribution in [-0.2, 0) is 11.6 Å². The molecule has 1 aliphatic rings. The van der Waals surface area contributed by atoms with Gasteiger partial charge in [0, 0.05) is 13.6 Å². The van der Waals surface area contributed by atoms with Crippen LogP contribution in [0.15, 0.2) is 30.3 Å². The second-order valence-electron chi connectivity index (χ2n) is 4.35. The van der Waals surface area contributed by atoms with Crippen molar-refractivity contribution in [3.05, 3.63) is 35.9 Å². The normalized spacial score (nSPS) is 18.6. The van der Waals surface area contributed by atoms with Gasteiger partial charge in [-0.3, -0.25) is 0 Å². The molecule has 7 heteroatoms. The molecule has 1 atom stereocenters. The number of nitrogens with one attached hydrogen (secondary N) is 2. The quantitative estimate of drug-likeness (QED) is 0.489. The molecular weight excluding hydrogens is 262 g/mol. The molecule has 0 aliphatic carbocycles. The first kappa shape index (κ1) is 16.4. The molecule has 2 amide bonds. The van der Waals surface area contributed by atoms with E-state index in [1.807, 2.05) is 30.3 Å². The Kier molecular flexibility index (Phi) is 7.59. The third kappa shape index (κ3) is 5.54. The Bertz CT molecular complexity index is 388. The summed E-state index contributed by atoms with van der Waals surface area (Å²) in [6.07, 6.45) is 1.34. The lowest BCUT2D eigenvalue weighted by molar-refractivity contribution is -0.305. The van der Waals surface area contributed by atoms with Gasteiger partial charge in [0.05, 0.1) is 6.61 Å². The second-order valence-corrected chi connectivity index (χ2v) is 4.35. The summed E-state index contributed by atoms with van der Waals surface area (Å²) in [6, 6.07) is 9.36. The number of hydrogen-bond acceptors (Lipinski definition) is 5. The van der Waals surface area contributed by atoms with Crippen molar-refractivity contribution in [2.45, 2.75) is 25.6 Å². The zero-order chi connectivity index (χ0) is 14.8. The molecule has 1 aromatic rings. The number of urea groups is 1. The molecule has 0 aromatic heterocycles. The van der Waals surface area contributed by atoms with Crippen molar-refractivity contribution in [1.82, 2.24) is 15.7 Å². The number of carbonyl (C=O) groups is 1. The predicted molar refractivity (Wildman–Crippen MR) is 73.4 cm³/mol. The van der Waals surface area contributed by atoms with E-state index in [9.17, 15) is 4.79 Å². The second kappa shape index (κ2) is 9.27.